The monoisotopic (exact) mass is 355 g/mol. The lowest BCUT2D eigenvalue weighted by atomic mass is 10.2. The second-order valence-electron chi connectivity index (χ2n) is 4.95. The molecule has 1 amide bonds. The van der Waals surface area contributed by atoms with Crippen LogP contribution in [0, 0.1) is 0 Å². The summed E-state index contributed by atoms with van der Waals surface area (Å²) in [5.74, 6) is 0.639. The van der Waals surface area contributed by atoms with Gasteiger partial charge in [0, 0.05) is 37.7 Å². The van der Waals surface area contributed by atoms with Crippen LogP contribution < -0.4 is 10.6 Å². The van der Waals surface area contributed by atoms with Crippen LogP contribution in [0.25, 0.3) is 0 Å². The van der Waals surface area contributed by atoms with E-state index in [9.17, 15) is 4.79 Å². The van der Waals surface area contributed by atoms with Crippen LogP contribution >= 0.6 is 23.9 Å². The number of nitrogens with two attached hydrogens (primary N) is 1. The van der Waals surface area contributed by atoms with Gasteiger partial charge in [-0.25, -0.2) is 4.79 Å². The zero-order valence-corrected chi connectivity index (χ0v) is 14.1. The van der Waals surface area contributed by atoms with Crippen LogP contribution in [0.3, 0.4) is 0 Å². The molecule has 0 bridgehead atoms. The van der Waals surface area contributed by atoms with Crippen molar-refractivity contribution in [1.29, 1.82) is 0 Å². The smallest absolute Gasteiger partial charge is 0.410 e. The lowest BCUT2D eigenvalue weighted by molar-refractivity contribution is 0.0941. The van der Waals surface area contributed by atoms with Gasteiger partial charge in [-0.1, -0.05) is 30.3 Å². The minimum Gasteiger partial charge on any atom is -0.445 e. The van der Waals surface area contributed by atoms with Crippen molar-refractivity contribution in [2.24, 2.45) is 0 Å². The predicted octanol–water partition coefficient (Wildman–Crippen LogP) is 2.00. The summed E-state index contributed by atoms with van der Waals surface area (Å²) in [6, 6.07) is 9.65. The van der Waals surface area contributed by atoms with Gasteiger partial charge in [-0.05, 0) is 5.56 Å². The SMILES string of the molecule is Cl.Nc1nc(N2CCN(C(=O)OCc3ccccc3)CC2)ns1. The van der Waals surface area contributed by atoms with Crippen LogP contribution in [0.1, 0.15) is 5.56 Å². The molecule has 7 nitrogen and oxygen atoms in total. The highest BCUT2D eigenvalue weighted by Gasteiger charge is 2.24. The van der Waals surface area contributed by atoms with Crippen molar-refractivity contribution in [3.05, 3.63) is 35.9 Å². The predicted molar refractivity (Wildman–Crippen MR) is 92.0 cm³/mol. The third-order valence-electron chi connectivity index (χ3n) is 3.46. The Balaban J connectivity index is 0.00000192. The normalized spacial score (nSPS) is 14.3. The van der Waals surface area contributed by atoms with Crippen LogP contribution in [0.5, 0.6) is 0 Å². The van der Waals surface area contributed by atoms with E-state index < -0.39 is 0 Å². The van der Waals surface area contributed by atoms with Gasteiger partial charge in [-0.15, -0.1) is 12.4 Å². The molecule has 0 unspecified atom stereocenters. The number of nitrogen functional groups attached to an aromatic ring is 1. The largest absolute Gasteiger partial charge is 0.445 e. The lowest BCUT2D eigenvalue weighted by Crippen LogP contribution is -2.49. The summed E-state index contributed by atoms with van der Waals surface area (Å²) in [6.45, 7) is 2.83. The van der Waals surface area contributed by atoms with Crippen molar-refractivity contribution >= 4 is 41.1 Å². The summed E-state index contributed by atoms with van der Waals surface area (Å²) in [5, 5.41) is 0.458. The third-order valence-corrected chi connectivity index (χ3v) is 3.99. The number of halogens is 1. The molecule has 0 atom stereocenters. The molecule has 124 valence electrons. The molecule has 1 aliphatic heterocycles. The summed E-state index contributed by atoms with van der Waals surface area (Å²) in [7, 11) is 0. The molecule has 2 N–H and O–H groups in total. The van der Waals surface area contributed by atoms with Crippen LogP contribution in [0.4, 0.5) is 15.9 Å². The fraction of sp³-hybridized carbons (Fsp3) is 0.357. The fourth-order valence-electron chi connectivity index (χ4n) is 2.26. The number of piperazine rings is 1. The van der Waals surface area contributed by atoms with Gasteiger partial charge in [0.25, 0.3) is 0 Å². The highest BCUT2D eigenvalue weighted by Crippen LogP contribution is 2.17. The summed E-state index contributed by atoms with van der Waals surface area (Å²) < 4.78 is 9.51. The third kappa shape index (κ3) is 4.46. The maximum absolute atomic E-state index is 12.1. The van der Waals surface area contributed by atoms with Crippen LogP contribution in [0.15, 0.2) is 30.3 Å². The molecule has 0 aliphatic carbocycles. The molecule has 1 saturated heterocycles. The molecule has 2 heterocycles. The van der Waals surface area contributed by atoms with E-state index in [1.165, 1.54) is 11.5 Å². The highest BCUT2D eigenvalue weighted by atomic mass is 35.5. The average molecular weight is 356 g/mol. The molecule has 0 spiro atoms. The Labute approximate surface area is 144 Å². The van der Waals surface area contributed by atoms with Gasteiger partial charge >= 0.3 is 6.09 Å². The Kier molecular flexibility index (Phi) is 6.00. The van der Waals surface area contributed by atoms with Gasteiger partial charge in [0.2, 0.25) is 11.1 Å². The molecule has 3 rings (SSSR count). The number of anilines is 2. The molecule has 1 aromatic heterocycles. The van der Waals surface area contributed by atoms with E-state index in [-0.39, 0.29) is 18.5 Å². The second kappa shape index (κ2) is 7.98. The Bertz CT molecular complexity index is 631. The molecule has 0 radical (unpaired) electrons. The zero-order chi connectivity index (χ0) is 15.4. The maximum atomic E-state index is 12.1. The Morgan fingerprint density at radius 2 is 1.91 bits per heavy atom. The molecule has 1 aliphatic rings. The number of aromatic nitrogens is 2. The quantitative estimate of drug-likeness (QED) is 0.906. The van der Waals surface area contributed by atoms with Crippen molar-refractivity contribution in [1.82, 2.24) is 14.3 Å². The van der Waals surface area contributed by atoms with Crippen LogP contribution in [-0.2, 0) is 11.3 Å². The maximum Gasteiger partial charge on any atom is 0.410 e. The van der Waals surface area contributed by atoms with E-state index in [2.05, 4.69) is 9.36 Å². The number of hydrogen-bond donors (Lipinski definition) is 1. The number of ether oxygens (including phenoxy) is 1. The van der Waals surface area contributed by atoms with Crippen LogP contribution in [0.2, 0.25) is 0 Å². The molecule has 23 heavy (non-hydrogen) atoms. The molecular formula is C14H18ClN5O2S. The highest BCUT2D eigenvalue weighted by molar-refractivity contribution is 7.09. The topological polar surface area (TPSA) is 84.6 Å². The Morgan fingerprint density at radius 3 is 2.52 bits per heavy atom. The second-order valence-corrected chi connectivity index (χ2v) is 5.73. The van der Waals surface area contributed by atoms with Crippen molar-refractivity contribution in [3.63, 3.8) is 0 Å². The van der Waals surface area contributed by atoms with Gasteiger partial charge in [0.05, 0.1) is 0 Å². The number of benzene rings is 1. The number of carbonyl (C=O) groups is 1. The first-order chi connectivity index (χ1) is 10.7. The van der Waals surface area contributed by atoms with E-state index in [1.54, 1.807) is 4.90 Å². The van der Waals surface area contributed by atoms with E-state index in [0.29, 0.717) is 43.9 Å². The van der Waals surface area contributed by atoms with Crippen molar-refractivity contribution in [3.8, 4) is 0 Å². The van der Waals surface area contributed by atoms with Crippen LogP contribution in [-0.4, -0.2) is 46.5 Å². The summed E-state index contributed by atoms with van der Waals surface area (Å²) in [6.07, 6.45) is -0.283. The minimum absolute atomic E-state index is 0. The van der Waals surface area contributed by atoms with Crippen molar-refractivity contribution < 1.29 is 9.53 Å². The van der Waals surface area contributed by atoms with E-state index in [0.717, 1.165) is 5.56 Å². The Morgan fingerprint density at radius 1 is 1.22 bits per heavy atom. The first-order valence-corrected chi connectivity index (χ1v) is 7.79. The standard InChI is InChI=1S/C14H17N5O2S.ClH/c15-12-16-13(17-22-12)18-6-8-19(9-7-18)14(20)21-10-11-4-2-1-3-5-11;/h1-5H,6-10H2,(H2,15,16,17);1H. The van der Waals surface area contributed by atoms with Gasteiger partial charge in [0.15, 0.2) is 0 Å². The number of carbonyl (C=O) groups excluding carboxylic acids is 1. The summed E-state index contributed by atoms with van der Waals surface area (Å²) in [4.78, 5) is 19.9. The van der Waals surface area contributed by atoms with Gasteiger partial charge in [-0.3, -0.25) is 0 Å². The van der Waals surface area contributed by atoms with Gasteiger partial charge < -0.3 is 20.3 Å². The van der Waals surface area contributed by atoms with Gasteiger partial charge in [-0.2, -0.15) is 9.36 Å². The van der Waals surface area contributed by atoms with E-state index in [4.69, 9.17) is 10.5 Å². The first-order valence-electron chi connectivity index (χ1n) is 7.02. The molecule has 1 fully saturated rings. The number of nitrogens with zero attached hydrogens (tertiary/aromatic N) is 4. The van der Waals surface area contributed by atoms with Gasteiger partial charge in [0.1, 0.15) is 6.61 Å². The van der Waals surface area contributed by atoms with Crippen molar-refractivity contribution in [2.45, 2.75) is 6.61 Å². The number of rotatable bonds is 3. The number of amides is 1. The lowest BCUT2D eigenvalue weighted by Gasteiger charge is -2.33. The minimum atomic E-state index is -0.283. The first kappa shape index (κ1) is 17.3. The molecule has 1 aromatic carbocycles. The fourth-order valence-corrected chi connectivity index (χ4v) is 2.71. The number of hydrogen-bond acceptors (Lipinski definition) is 7. The molecular weight excluding hydrogens is 338 g/mol. The van der Waals surface area contributed by atoms with E-state index >= 15 is 0 Å². The van der Waals surface area contributed by atoms with Crippen molar-refractivity contribution in [2.75, 3.05) is 36.8 Å². The molecule has 2 aromatic rings. The molecule has 9 heteroatoms. The average Bonchev–Trinajstić information content (AvgIpc) is 3.00. The summed E-state index contributed by atoms with van der Waals surface area (Å²) in [5.41, 5.74) is 6.57. The summed E-state index contributed by atoms with van der Waals surface area (Å²) >= 11 is 1.18. The molecule has 0 saturated carbocycles. The zero-order valence-electron chi connectivity index (χ0n) is 12.4. The Hall–Kier alpha value is -2.06. The van der Waals surface area contributed by atoms with E-state index in [1.807, 2.05) is 35.2 Å².